The molecule has 2 atom stereocenters. The number of nitrogens with zero attached hydrogens (tertiary/aromatic N) is 2. The van der Waals surface area contributed by atoms with Gasteiger partial charge in [0.05, 0.1) is 39.8 Å². The van der Waals surface area contributed by atoms with E-state index in [1.165, 1.54) is 29.0 Å². The molecule has 2 N–H and O–H groups in total. The molecule has 4 rings (SSSR count). The first-order valence-corrected chi connectivity index (χ1v) is 12.7. The highest BCUT2D eigenvalue weighted by molar-refractivity contribution is 7.18. The van der Waals surface area contributed by atoms with Crippen molar-refractivity contribution in [2.24, 2.45) is 0 Å². The molecule has 194 valence electrons. The summed E-state index contributed by atoms with van der Waals surface area (Å²) in [6.07, 6.45) is 1.72. The molecular weight excluding hydrogens is 523 g/mol. The molecule has 2 aromatic heterocycles. The van der Waals surface area contributed by atoms with Crippen molar-refractivity contribution in [2.75, 3.05) is 25.0 Å². The number of ether oxygens (including phenoxy) is 1. The number of hydrogen-bond donors (Lipinski definition) is 2. The van der Waals surface area contributed by atoms with E-state index in [1.54, 1.807) is 36.1 Å². The minimum atomic E-state index is -0.822. The van der Waals surface area contributed by atoms with Gasteiger partial charge in [0, 0.05) is 30.9 Å². The second kappa shape index (κ2) is 11.7. The molecule has 3 aromatic rings. The van der Waals surface area contributed by atoms with Crippen LogP contribution >= 0.6 is 22.9 Å². The van der Waals surface area contributed by atoms with Gasteiger partial charge in [0.15, 0.2) is 0 Å². The quantitative estimate of drug-likeness (QED) is 0.420. The largest absolute Gasteiger partial charge is 0.465 e. The molecule has 0 bridgehead atoms. The monoisotopic (exact) mass is 546 g/mol. The van der Waals surface area contributed by atoms with E-state index in [0.717, 1.165) is 17.4 Å². The molecule has 2 unspecified atom stereocenters. The Balaban J connectivity index is 1.48. The molecule has 0 saturated carbocycles. The number of benzene rings is 1. The maximum atomic E-state index is 14.9. The van der Waals surface area contributed by atoms with Gasteiger partial charge in [0.2, 0.25) is 5.91 Å². The molecule has 1 fully saturated rings. The molecule has 37 heavy (non-hydrogen) atoms. The lowest BCUT2D eigenvalue weighted by molar-refractivity contribution is -0.144. The van der Waals surface area contributed by atoms with Crippen molar-refractivity contribution in [2.45, 2.75) is 25.4 Å². The predicted molar refractivity (Wildman–Crippen MR) is 138 cm³/mol. The summed E-state index contributed by atoms with van der Waals surface area (Å²) >= 11 is 7.05. The normalized spacial score (nSPS) is 17.4. The number of thiophene rings is 1. The van der Waals surface area contributed by atoms with E-state index in [9.17, 15) is 23.6 Å². The third-order valence-electron chi connectivity index (χ3n) is 5.79. The number of hydrogen-bond acceptors (Lipinski definition) is 7. The van der Waals surface area contributed by atoms with Crippen molar-refractivity contribution in [1.29, 1.82) is 0 Å². The smallest absolute Gasteiger partial charge is 0.320 e. The van der Waals surface area contributed by atoms with Crippen LogP contribution in [0.25, 0.3) is 5.69 Å². The van der Waals surface area contributed by atoms with Gasteiger partial charge in [-0.2, -0.15) is 0 Å². The number of carbonyl (C=O) groups excluding carboxylic acids is 3. The minimum Gasteiger partial charge on any atom is -0.465 e. The highest BCUT2D eigenvalue weighted by atomic mass is 35.5. The number of esters is 1. The number of anilines is 1. The molecule has 0 aliphatic carbocycles. The first kappa shape index (κ1) is 26.5. The third-order valence-corrected chi connectivity index (χ3v) is 7.02. The van der Waals surface area contributed by atoms with Crippen LogP contribution in [0, 0.1) is 5.82 Å². The van der Waals surface area contributed by atoms with Gasteiger partial charge in [-0.05, 0) is 43.7 Å². The Kier molecular flexibility index (Phi) is 8.37. The summed E-state index contributed by atoms with van der Waals surface area (Å²) in [7, 11) is 0. The van der Waals surface area contributed by atoms with E-state index in [-0.39, 0.29) is 43.3 Å². The van der Waals surface area contributed by atoms with Crippen molar-refractivity contribution >= 4 is 46.4 Å². The fourth-order valence-electron chi connectivity index (χ4n) is 4.13. The van der Waals surface area contributed by atoms with Gasteiger partial charge in [-0.25, -0.2) is 4.39 Å². The number of rotatable bonds is 8. The average molecular weight is 547 g/mol. The molecule has 0 radical (unpaired) electrons. The summed E-state index contributed by atoms with van der Waals surface area (Å²) < 4.78 is 21.7. The topological polar surface area (TPSA) is 110 Å². The predicted octanol–water partition coefficient (Wildman–Crippen LogP) is 3.07. The fourth-order valence-corrected chi connectivity index (χ4v) is 5.08. The molecule has 1 aromatic carbocycles. The Morgan fingerprint density at radius 3 is 2.68 bits per heavy atom. The van der Waals surface area contributed by atoms with E-state index in [2.05, 4.69) is 10.6 Å². The molecule has 1 saturated heterocycles. The average Bonchev–Trinajstić information content (AvgIpc) is 3.47. The van der Waals surface area contributed by atoms with E-state index in [4.69, 9.17) is 16.3 Å². The van der Waals surface area contributed by atoms with Gasteiger partial charge in [0.25, 0.3) is 11.5 Å². The summed E-state index contributed by atoms with van der Waals surface area (Å²) in [6, 6.07) is 10.6. The van der Waals surface area contributed by atoms with Crippen molar-refractivity contribution in [3.8, 4) is 5.69 Å². The van der Waals surface area contributed by atoms with Gasteiger partial charge in [-0.15, -0.1) is 11.3 Å². The molecule has 12 heteroatoms. The van der Waals surface area contributed by atoms with E-state index >= 15 is 0 Å². The maximum Gasteiger partial charge on any atom is 0.320 e. The molecule has 9 nitrogen and oxygen atoms in total. The molecule has 1 aliphatic rings. The zero-order valence-corrected chi connectivity index (χ0v) is 21.4. The minimum absolute atomic E-state index is 0.0745. The van der Waals surface area contributed by atoms with Crippen LogP contribution in [0.1, 0.15) is 23.0 Å². The van der Waals surface area contributed by atoms with Crippen LogP contribution in [0.5, 0.6) is 0 Å². The Hall–Kier alpha value is -3.54. The van der Waals surface area contributed by atoms with Gasteiger partial charge >= 0.3 is 5.97 Å². The van der Waals surface area contributed by atoms with Crippen LogP contribution in [0.4, 0.5) is 10.1 Å². The van der Waals surface area contributed by atoms with Crippen LogP contribution in [0.2, 0.25) is 4.34 Å². The Morgan fingerprint density at radius 2 is 2.00 bits per heavy atom. The number of nitrogens with one attached hydrogen (secondary N) is 2. The van der Waals surface area contributed by atoms with Gasteiger partial charge in [0.1, 0.15) is 5.82 Å². The highest BCUT2D eigenvalue weighted by Crippen LogP contribution is 2.25. The van der Waals surface area contributed by atoms with Crippen LogP contribution in [-0.2, 0) is 14.3 Å². The molecule has 0 spiro atoms. The number of carbonyl (C=O) groups is 3. The number of amides is 2. The van der Waals surface area contributed by atoms with E-state index < -0.39 is 29.8 Å². The first-order valence-electron chi connectivity index (χ1n) is 11.5. The molecule has 1 aliphatic heterocycles. The Labute approximate surface area is 220 Å². The first-order chi connectivity index (χ1) is 17.7. The van der Waals surface area contributed by atoms with E-state index in [1.807, 2.05) is 0 Å². The number of likely N-dealkylation sites (tertiary alicyclic amines) is 1. The SMILES string of the molecule is CCOC(=O)CN1CC(NC(=O)c2ccc(Cl)s2)CC1C(=O)Nc1ccc(-n2ccccc2=O)cc1F. The second-order valence-electron chi connectivity index (χ2n) is 8.32. The summed E-state index contributed by atoms with van der Waals surface area (Å²) in [5.41, 5.74) is -0.0888. The molecule has 2 amide bonds. The standard InChI is InChI=1S/C25H24ClFN4O5S/c1-2-36-23(33)14-30-13-15(28-25(35)20-8-9-21(26)37-20)11-19(30)24(34)29-18-7-6-16(12-17(18)27)31-10-4-3-5-22(31)32/h3-10,12,15,19H,2,11,13-14H2,1H3,(H,28,35)(H,29,34). The van der Waals surface area contributed by atoms with Crippen LogP contribution in [0.15, 0.2) is 59.5 Å². The van der Waals surface area contributed by atoms with Crippen molar-refractivity contribution in [1.82, 2.24) is 14.8 Å². The highest BCUT2D eigenvalue weighted by Gasteiger charge is 2.39. The summed E-state index contributed by atoms with van der Waals surface area (Å²) in [5, 5.41) is 5.43. The maximum absolute atomic E-state index is 14.9. The lowest BCUT2D eigenvalue weighted by atomic mass is 10.1. The van der Waals surface area contributed by atoms with Gasteiger partial charge in [-0.3, -0.25) is 28.6 Å². The van der Waals surface area contributed by atoms with Crippen molar-refractivity contribution < 1.29 is 23.5 Å². The Morgan fingerprint density at radius 1 is 1.19 bits per heavy atom. The number of halogens is 2. The van der Waals surface area contributed by atoms with Crippen LogP contribution < -0.4 is 16.2 Å². The Bertz CT molecular complexity index is 1380. The lowest BCUT2D eigenvalue weighted by Crippen LogP contribution is -2.43. The van der Waals surface area contributed by atoms with Crippen molar-refractivity contribution in [3.05, 3.63) is 80.1 Å². The van der Waals surface area contributed by atoms with Crippen LogP contribution in [0.3, 0.4) is 0 Å². The number of pyridine rings is 1. The zero-order valence-electron chi connectivity index (χ0n) is 19.8. The van der Waals surface area contributed by atoms with E-state index in [0.29, 0.717) is 14.9 Å². The summed E-state index contributed by atoms with van der Waals surface area (Å²) in [5.74, 6) is -2.11. The second-order valence-corrected chi connectivity index (χ2v) is 10.0. The van der Waals surface area contributed by atoms with Crippen molar-refractivity contribution in [3.63, 3.8) is 0 Å². The molecular formula is C25H24ClFN4O5S. The zero-order chi connectivity index (χ0) is 26.5. The number of aromatic nitrogens is 1. The summed E-state index contributed by atoms with van der Waals surface area (Å²) in [6.45, 7) is 1.92. The fraction of sp³-hybridized carbons (Fsp3) is 0.280. The van der Waals surface area contributed by atoms with Crippen LogP contribution in [-0.4, -0.2) is 59.0 Å². The lowest BCUT2D eigenvalue weighted by Gasteiger charge is -2.22. The third kappa shape index (κ3) is 6.43. The summed E-state index contributed by atoms with van der Waals surface area (Å²) in [4.78, 5) is 52.0. The molecule has 3 heterocycles. The van der Waals surface area contributed by atoms with Gasteiger partial charge in [-0.1, -0.05) is 17.7 Å². The van der Waals surface area contributed by atoms with Gasteiger partial charge < -0.3 is 15.4 Å².